The molecule has 0 saturated carbocycles. The Morgan fingerprint density at radius 2 is 1.12 bits per heavy atom. The second-order valence-electron chi connectivity index (χ2n) is 7.00. The Morgan fingerprint density at radius 3 is 1.35 bits per heavy atom. The minimum absolute atomic E-state index is 0.837. The molecule has 0 unspecified atom stereocenters. The van der Waals surface area contributed by atoms with Crippen molar-refractivity contribution in [2.45, 2.75) is 73.0 Å². The number of rotatable bonds is 9. The van der Waals surface area contributed by atoms with E-state index in [9.17, 15) is 0 Å². The van der Waals surface area contributed by atoms with Crippen molar-refractivity contribution >= 4 is 8.24 Å². The van der Waals surface area contributed by atoms with E-state index in [-0.39, 0.29) is 0 Å². The number of nitrogens with one attached hydrogen (secondary N) is 1. The molecule has 0 aliphatic heterocycles. The Morgan fingerprint density at radius 1 is 0.765 bits per heavy atom. The fourth-order valence-corrected chi connectivity index (χ4v) is 9.60. The van der Waals surface area contributed by atoms with E-state index in [2.05, 4.69) is 53.4 Å². The first-order valence-electron chi connectivity index (χ1n) is 7.56. The second-order valence-corrected chi connectivity index (χ2v) is 11.1. The lowest BCUT2D eigenvalue weighted by Crippen LogP contribution is -2.53. The number of hydrogen-bond donors (Lipinski definition) is 1. The van der Waals surface area contributed by atoms with Gasteiger partial charge in [-0.2, -0.15) is 0 Å². The monoisotopic (exact) mass is 257 g/mol. The first-order valence-corrected chi connectivity index (χ1v) is 10.2. The topological polar surface area (TPSA) is 12.0 Å². The van der Waals surface area contributed by atoms with Gasteiger partial charge in [0.1, 0.15) is 8.24 Å². The molecule has 0 saturated heterocycles. The van der Waals surface area contributed by atoms with E-state index in [1.807, 2.05) is 0 Å². The summed E-state index contributed by atoms with van der Waals surface area (Å²) in [5.74, 6) is 2.51. The van der Waals surface area contributed by atoms with Gasteiger partial charge in [-0.3, -0.25) is 0 Å². The highest BCUT2D eigenvalue weighted by Gasteiger charge is 2.34. The molecule has 2 heteroatoms. The van der Waals surface area contributed by atoms with Gasteiger partial charge >= 0.3 is 0 Å². The summed E-state index contributed by atoms with van der Waals surface area (Å²) in [4.78, 5) is 4.02. The lowest BCUT2D eigenvalue weighted by molar-refractivity contribution is 0.617. The van der Waals surface area contributed by atoms with Gasteiger partial charge in [-0.15, -0.1) is 0 Å². The molecule has 0 amide bonds. The van der Waals surface area contributed by atoms with Crippen molar-refractivity contribution in [3.8, 4) is 0 Å². The third kappa shape index (κ3) is 7.99. The second kappa shape index (κ2) is 8.31. The molecule has 0 aromatic carbocycles. The zero-order valence-corrected chi connectivity index (χ0v) is 14.3. The van der Waals surface area contributed by atoms with Crippen LogP contribution >= 0.6 is 0 Å². The molecule has 0 aliphatic rings. The summed E-state index contributed by atoms with van der Waals surface area (Å²) in [6, 6.07) is 4.34. The molecule has 0 bridgehead atoms. The smallest absolute Gasteiger partial charge is 0.126 e. The van der Waals surface area contributed by atoms with Crippen molar-refractivity contribution in [3.63, 3.8) is 0 Å². The van der Waals surface area contributed by atoms with Gasteiger partial charge in [0.25, 0.3) is 0 Å². The predicted octanol–water partition coefficient (Wildman–Crippen LogP) is 4.90. The number of hydrogen-bond acceptors (Lipinski definition) is 1. The third-order valence-corrected chi connectivity index (χ3v) is 8.94. The van der Waals surface area contributed by atoms with Crippen molar-refractivity contribution < 1.29 is 0 Å². The van der Waals surface area contributed by atoms with Gasteiger partial charge in [-0.05, 0) is 48.9 Å². The van der Waals surface area contributed by atoms with Crippen LogP contribution in [0.3, 0.4) is 0 Å². The van der Waals surface area contributed by atoms with E-state index in [1.165, 1.54) is 31.1 Å². The van der Waals surface area contributed by atoms with Crippen LogP contribution in [0.2, 0.25) is 18.1 Å². The molecular formula is C15H35NSi. The van der Waals surface area contributed by atoms with Crippen LogP contribution in [-0.2, 0) is 0 Å². The van der Waals surface area contributed by atoms with Crippen LogP contribution in [0, 0.1) is 17.8 Å². The zero-order chi connectivity index (χ0) is 13.5. The summed E-state index contributed by atoms with van der Waals surface area (Å²) in [7, 11) is -1.26. The summed E-state index contributed by atoms with van der Waals surface area (Å²) in [5.41, 5.74) is 0. The highest BCUT2D eigenvalue weighted by molar-refractivity contribution is 6.77. The van der Waals surface area contributed by atoms with Crippen LogP contribution in [0.1, 0.15) is 54.9 Å². The average Bonchev–Trinajstić information content (AvgIpc) is 2.11. The van der Waals surface area contributed by atoms with Gasteiger partial charge in [-0.1, -0.05) is 48.5 Å². The summed E-state index contributed by atoms with van der Waals surface area (Å²) in [5, 5.41) is 0. The summed E-state index contributed by atoms with van der Waals surface area (Å²) in [6.07, 6.45) is 1.27. The van der Waals surface area contributed by atoms with Gasteiger partial charge in [0.05, 0.1) is 0 Å². The zero-order valence-electron chi connectivity index (χ0n) is 13.3. The molecule has 0 atom stereocenters. The molecule has 104 valence electrons. The van der Waals surface area contributed by atoms with Crippen molar-refractivity contribution in [1.29, 1.82) is 0 Å². The molecule has 0 radical (unpaired) electrons. The highest BCUT2D eigenvalue weighted by atomic mass is 28.3. The van der Waals surface area contributed by atoms with Crippen molar-refractivity contribution in [2.75, 3.05) is 6.54 Å². The average molecular weight is 258 g/mol. The maximum Gasteiger partial charge on any atom is 0.126 e. The predicted molar refractivity (Wildman–Crippen MR) is 83.0 cm³/mol. The van der Waals surface area contributed by atoms with E-state index in [4.69, 9.17) is 0 Å². The van der Waals surface area contributed by atoms with Crippen molar-refractivity contribution in [3.05, 3.63) is 0 Å². The first-order chi connectivity index (χ1) is 7.81. The maximum atomic E-state index is 4.02. The van der Waals surface area contributed by atoms with Crippen LogP contribution in [0.15, 0.2) is 0 Å². The fourth-order valence-electron chi connectivity index (χ4n) is 3.20. The van der Waals surface area contributed by atoms with Gasteiger partial charge in [0.2, 0.25) is 0 Å². The minimum atomic E-state index is -1.26. The molecule has 1 nitrogen and oxygen atoms in total. The molecule has 0 aromatic rings. The quantitative estimate of drug-likeness (QED) is 0.579. The molecule has 0 heterocycles. The van der Waals surface area contributed by atoms with Gasteiger partial charge < -0.3 is 4.98 Å². The highest BCUT2D eigenvalue weighted by Crippen LogP contribution is 2.29. The molecule has 17 heavy (non-hydrogen) atoms. The van der Waals surface area contributed by atoms with Gasteiger partial charge in [0.15, 0.2) is 0 Å². The Bertz CT molecular complexity index is 161. The lowest BCUT2D eigenvalue weighted by Gasteiger charge is -2.37. The molecular weight excluding hydrogens is 222 g/mol. The molecule has 1 N–H and O–H groups in total. The minimum Gasteiger partial charge on any atom is -0.337 e. The lowest BCUT2D eigenvalue weighted by atomic mass is 10.2. The molecule has 0 fully saturated rings. The Balaban J connectivity index is 4.76. The van der Waals surface area contributed by atoms with E-state index < -0.39 is 8.24 Å². The van der Waals surface area contributed by atoms with E-state index >= 15 is 0 Å². The normalized spacial score (nSPS) is 13.1. The van der Waals surface area contributed by atoms with Crippen LogP contribution in [0.4, 0.5) is 0 Å². The van der Waals surface area contributed by atoms with E-state index in [1.54, 1.807) is 0 Å². The molecule has 0 aromatic heterocycles. The van der Waals surface area contributed by atoms with Crippen LogP contribution in [0.5, 0.6) is 0 Å². The largest absolute Gasteiger partial charge is 0.337 e. The summed E-state index contributed by atoms with van der Waals surface area (Å²) in [6.45, 7) is 17.8. The Hall–Kier alpha value is 0.177. The van der Waals surface area contributed by atoms with Gasteiger partial charge in [0, 0.05) is 0 Å². The summed E-state index contributed by atoms with van der Waals surface area (Å²) >= 11 is 0. The SMILES string of the molecule is CCCN[Si](CC(C)C)(CC(C)C)CC(C)C. The van der Waals surface area contributed by atoms with Crippen LogP contribution in [-0.4, -0.2) is 14.8 Å². The molecule has 0 spiro atoms. The first kappa shape index (κ1) is 17.2. The maximum absolute atomic E-state index is 4.02. The standard InChI is InChI=1S/C15H35NSi/c1-8-9-16-17(10-13(2)3,11-14(4)5)12-15(6)7/h13-16H,8-12H2,1-7H3. The van der Waals surface area contributed by atoms with Crippen molar-refractivity contribution in [2.24, 2.45) is 17.8 Å². The fraction of sp³-hybridized carbons (Fsp3) is 1.00. The van der Waals surface area contributed by atoms with Gasteiger partial charge in [-0.25, -0.2) is 0 Å². The molecule has 0 rings (SSSR count). The molecule has 0 aliphatic carbocycles. The van der Waals surface area contributed by atoms with Crippen LogP contribution in [0.25, 0.3) is 0 Å². The van der Waals surface area contributed by atoms with E-state index in [0.29, 0.717) is 0 Å². The van der Waals surface area contributed by atoms with E-state index in [0.717, 1.165) is 17.8 Å². The van der Waals surface area contributed by atoms with Crippen LogP contribution < -0.4 is 4.98 Å². The summed E-state index contributed by atoms with van der Waals surface area (Å²) < 4.78 is 0. The Labute approximate surface area is 111 Å². The Kier molecular flexibility index (Phi) is 8.40. The third-order valence-electron chi connectivity index (χ3n) is 3.15. The van der Waals surface area contributed by atoms with Crippen molar-refractivity contribution in [1.82, 2.24) is 4.98 Å².